The molecule has 0 bridgehead atoms. The molecule has 1 fully saturated rings. The number of aromatic nitrogens is 2. The zero-order valence-electron chi connectivity index (χ0n) is 13.0. The highest BCUT2D eigenvalue weighted by Crippen LogP contribution is 2.28. The van der Waals surface area contributed by atoms with Crippen LogP contribution in [0.1, 0.15) is 38.7 Å². The standard InChI is InChI=1S/C18H25N3/c1-13-3-4-14(2)18(11-13)19-12-15-5-7-16(8-6-15)17-9-10-20-21-17/h5-10,13-14,18-19H,3-4,11-12H2,1-2H3,(H,20,21). The number of aromatic amines is 1. The molecule has 0 saturated heterocycles. The van der Waals surface area contributed by atoms with Crippen LogP contribution in [0.4, 0.5) is 0 Å². The van der Waals surface area contributed by atoms with Crippen LogP contribution in [0, 0.1) is 11.8 Å². The second-order valence-electron chi connectivity index (χ2n) is 6.55. The van der Waals surface area contributed by atoms with Crippen molar-refractivity contribution in [2.24, 2.45) is 11.8 Å². The summed E-state index contributed by atoms with van der Waals surface area (Å²) in [5.41, 5.74) is 3.61. The molecule has 3 nitrogen and oxygen atoms in total. The first-order valence-electron chi connectivity index (χ1n) is 8.04. The second-order valence-corrected chi connectivity index (χ2v) is 6.55. The largest absolute Gasteiger partial charge is 0.310 e. The molecule has 0 radical (unpaired) electrons. The zero-order valence-corrected chi connectivity index (χ0v) is 13.0. The van der Waals surface area contributed by atoms with Crippen molar-refractivity contribution in [3.8, 4) is 11.3 Å². The van der Waals surface area contributed by atoms with E-state index in [0.717, 1.165) is 24.1 Å². The Morgan fingerprint density at radius 1 is 1.14 bits per heavy atom. The fraction of sp³-hybridized carbons (Fsp3) is 0.500. The molecule has 112 valence electrons. The van der Waals surface area contributed by atoms with Crippen LogP contribution in [0.15, 0.2) is 36.5 Å². The summed E-state index contributed by atoms with van der Waals surface area (Å²) >= 11 is 0. The van der Waals surface area contributed by atoms with E-state index in [1.807, 2.05) is 6.07 Å². The zero-order chi connectivity index (χ0) is 14.7. The molecule has 1 saturated carbocycles. The lowest BCUT2D eigenvalue weighted by molar-refractivity contribution is 0.227. The van der Waals surface area contributed by atoms with Crippen LogP contribution in [0.3, 0.4) is 0 Å². The minimum absolute atomic E-state index is 0.668. The van der Waals surface area contributed by atoms with Gasteiger partial charge in [0.15, 0.2) is 0 Å². The number of hydrogen-bond donors (Lipinski definition) is 2. The van der Waals surface area contributed by atoms with E-state index in [1.165, 1.54) is 30.4 Å². The monoisotopic (exact) mass is 283 g/mol. The van der Waals surface area contributed by atoms with Crippen molar-refractivity contribution in [1.29, 1.82) is 0 Å². The number of benzene rings is 1. The fourth-order valence-corrected chi connectivity index (χ4v) is 3.28. The van der Waals surface area contributed by atoms with Gasteiger partial charge in [-0.3, -0.25) is 5.10 Å². The third-order valence-electron chi connectivity index (χ3n) is 4.79. The van der Waals surface area contributed by atoms with Crippen LogP contribution >= 0.6 is 0 Å². The molecular weight excluding hydrogens is 258 g/mol. The van der Waals surface area contributed by atoms with Gasteiger partial charge in [0.05, 0.1) is 5.69 Å². The Balaban J connectivity index is 1.58. The molecular formula is C18H25N3. The number of rotatable bonds is 4. The lowest BCUT2D eigenvalue weighted by atomic mass is 9.80. The Hall–Kier alpha value is -1.61. The molecule has 1 heterocycles. The van der Waals surface area contributed by atoms with Crippen LogP contribution < -0.4 is 5.32 Å². The minimum Gasteiger partial charge on any atom is -0.310 e. The van der Waals surface area contributed by atoms with Gasteiger partial charge in [-0.05, 0) is 41.9 Å². The Bertz CT molecular complexity index is 544. The molecule has 0 spiro atoms. The molecule has 1 aliphatic carbocycles. The highest BCUT2D eigenvalue weighted by molar-refractivity contribution is 5.58. The Morgan fingerprint density at radius 2 is 1.95 bits per heavy atom. The maximum atomic E-state index is 4.00. The topological polar surface area (TPSA) is 40.7 Å². The minimum atomic E-state index is 0.668. The fourth-order valence-electron chi connectivity index (χ4n) is 3.28. The van der Waals surface area contributed by atoms with E-state index in [9.17, 15) is 0 Å². The molecule has 2 N–H and O–H groups in total. The first-order valence-corrected chi connectivity index (χ1v) is 8.04. The molecule has 3 unspecified atom stereocenters. The van der Waals surface area contributed by atoms with E-state index in [0.29, 0.717) is 6.04 Å². The number of nitrogens with zero attached hydrogens (tertiary/aromatic N) is 1. The maximum absolute atomic E-state index is 4.00. The van der Waals surface area contributed by atoms with Crippen LogP contribution in [-0.4, -0.2) is 16.2 Å². The van der Waals surface area contributed by atoms with E-state index in [-0.39, 0.29) is 0 Å². The molecule has 1 aromatic heterocycles. The van der Waals surface area contributed by atoms with E-state index < -0.39 is 0 Å². The Labute approximate surface area is 127 Å². The molecule has 21 heavy (non-hydrogen) atoms. The van der Waals surface area contributed by atoms with Gasteiger partial charge >= 0.3 is 0 Å². The summed E-state index contributed by atoms with van der Waals surface area (Å²) < 4.78 is 0. The van der Waals surface area contributed by atoms with Crippen LogP contribution in [-0.2, 0) is 6.54 Å². The predicted molar refractivity (Wildman–Crippen MR) is 86.8 cm³/mol. The van der Waals surface area contributed by atoms with Crippen molar-refractivity contribution in [3.63, 3.8) is 0 Å². The van der Waals surface area contributed by atoms with Crippen molar-refractivity contribution in [1.82, 2.24) is 15.5 Å². The first-order chi connectivity index (χ1) is 10.2. The quantitative estimate of drug-likeness (QED) is 0.890. The van der Waals surface area contributed by atoms with Gasteiger partial charge in [0.1, 0.15) is 0 Å². The average molecular weight is 283 g/mol. The molecule has 0 amide bonds. The molecule has 1 aliphatic rings. The highest BCUT2D eigenvalue weighted by atomic mass is 15.1. The van der Waals surface area contributed by atoms with Gasteiger partial charge < -0.3 is 5.32 Å². The summed E-state index contributed by atoms with van der Waals surface area (Å²) in [4.78, 5) is 0. The van der Waals surface area contributed by atoms with Crippen LogP contribution in [0.25, 0.3) is 11.3 Å². The van der Waals surface area contributed by atoms with Crippen LogP contribution in [0.5, 0.6) is 0 Å². The summed E-state index contributed by atoms with van der Waals surface area (Å²) in [7, 11) is 0. The Kier molecular flexibility index (Phi) is 4.39. The van der Waals surface area contributed by atoms with Gasteiger partial charge in [0, 0.05) is 18.8 Å². The summed E-state index contributed by atoms with van der Waals surface area (Å²) in [5, 5.41) is 10.8. The molecule has 3 heteroatoms. The SMILES string of the molecule is CC1CCC(C)C(NCc2ccc(-c3ccn[nH]3)cc2)C1. The van der Waals surface area contributed by atoms with Gasteiger partial charge in [-0.25, -0.2) is 0 Å². The maximum Gasteiger partial charge on any atom is 0.0650 e. The second kappa shape index (κ2) is 6.44. The number of hydrogen-bond acceptors (Lipinski definition) is 2. The van der Waals surface area contributed by atoms with Gasteiger partial charge in [-0.15, -0.1) is 0 Å². The molecule has 3 rings (SSSR count). The van der Waals surface area contributed by atoms with E-state index in [2.05, 4.69) is 53.6 Å². The molecule has 3 atom stereocenters. The van der Waals surface area contributed by atoms with Crippen molar-refractivity contribution in [3.05, 3.63) is 42.1 Å². The Morgan fingerprint density at radius 3 is 2.67 bits per heavy atom. The highest BCUT2D eigenvalue weighted by Gasteiger charge is 2.24. The summed E-state index contributed by atoms with van der Waals surface area (Å²) in [5.74, 6) is 1.66. The van der Waals surface area contributed by atoms with Crippen molar-refractivity contribution in [2.75, 3.05) is 0 Å². The first kappa shape index (κ1) is 14.3. The van der Waals surface area contributed by atoms with Gasteiger partial charge in [0.25, 0.3) is 0 Å². The van der Waals surface area contributed by atoms with E-state index >= 15 is 0 Å². The van der Waals surface area contributed by atoms with Gasteiger partial charge in [0.2, 0.25) is 0 Å². The smallest absolute Gasteiger partial charge is 0.0650 e. The third-order valence-corrected chi connectivity index (χ3v) is 4.79. The van der Waals surface area contributed by atoms with E-state index in [4.69, 9.17) is 0 Å². The molecule has 2 aromatic rings. The normalized spacial score (nSPS) is 25.9. The van der Waals surface area contributed by atoms with Crippen molar-refractivity contribution < 1.29 is 0 Å². The van der Waals surface area contributed by atoms with Gasteiger partial charge in [-0.2, -0.15) is 5.10 Å². The van der Waals surface area contributed by atoms with Crippen molar-refractivity contribution in [2.45, 2.75) is 45.7 Å². The average Bonchev–Trinajstić information content (AvgIpc) is 3.03. The lowest BCUT2D eigenvalue weighted by Crippen LogP contribution is -2.39. The molecule has 1 aromatic carbocycles. The van der Waals surface area contributed by atoms with Crippen LogP contribution in [0.2, 0.25) is 0 Å². The number of nitrogens with one attached hydrogen (secondary N) is 2. The summed E-state index contributed by atoms with van der Waals surface area (Å²) in [6.07, 6.45) is 5.85. The predicted octanol–water partition coefficient (Wildman–Crippen LogP) is 3.99. The van der Waals surface area contributed by atoms with Gasteiger partial charge in [-0.1, -0.05) is 44.5 Å². The number of H-pyrrole nitrogens is 1. The molecule has 0 aliphatic heterocycles. The third kappa shape index (κ3) is 3.53. The lowest BCUT2D eigenvalue weighted by Gasteiger charge is -2.33. The summed E-state index contributed by atoms with van der Waals surface area (Å²) in [6.45, 7) is 5.72. The van der Waals surface area contributed by atoms with Crippen molar-refractivity contribution >= 4 is 0 Å². The summed E-state index contributed by atoms with van der Waals surface area (Å²) in [6, 6.07) is 11.4. The van der Waals surface area contributed by atoms with E-state index in [1.54, 1.807) is 6.20 Å².